The SMILES string of the molecule is C1=CC2C(C=C1c1ccc3c(c1)c1ccccc1n3-c1ccccc1)c1cc(-c3ccc4c(c3)c3ccccc3n4-c3ccccc3)ccc1N2c1ccccc1. The summed E-state index contributed by atoms with van der Waals surface area (Å²) in [4.78, 5) is 2.53. The Kier molecular flexibility index (Phi) is 7.05. The van der Waals surface area contributed by atoms with Crippen molar-refractivity contribution in [2.75, 3.05) is 4.90 Å². The molecule has 3 heterocycles. The highest BCUT2D eigenvalue weighted by molar-refractivity contribution is 6.11. The minimum atomic E-state index is 0.177. The summed E-state index contributed by atoms with van der Waals surface area (Å²) in [5, 5.41) is 5.07. The summed E-state index contributed by atoms with van der Waals surface area (Å²) >= 11 is 0. The Morgan fingerprint density at radius 3 is 1.46 bits per heavy atom. The van der Waals surface area contributed by atoms with E-state index >= 15 is 0 Å². The van der Waals surface area contributed by atoms with Gasteiger partial charge in [0.25, 0.3) is 0 Å². The maximum atomic E-state index is 2.53. The Balaban J connectivity index is 0.992. The van der Waals surface area contributed by atoms with Crippen molar-refractivity contribution in [3.8, 4) is 22.5 Å². The van der Waals surface area contributed by atoms with Crippen molar-refractivity contribution in [1.29, 1.82) is 0 Å². The molecule has 0 N–H and O–H groups in total. The van der Waals surface area contributed by atoms with Crippen LogP contribution in [-0.2, 0) is 0 Å². The molecule has 12 rings (SSSR count). The minimum Gasteiger partial charge on any atom is -0.333 e. The van der Waals surface area contributed by atoms with E-state index in [0.717, 1.165) is 0 Å². The lowest BCUT2D eigenvalue weighted by molar-refractivity contribution is 0.747. The van der Waals surface area contributed by atoms with Gasteiger partial charge in [0, 0.05) is 50.2 Å². The van der Waals surface area contributed by atoms with Gasteiger partial charge in [-0.2, -0.15) is 0 Å². The quantitative estimate of drug-likeness (QED) is 0.172. The van der Waals surface area contributed by atoms with Crippen molar-refractivity contribution in [3.05, 3.63) is 223 Å². The molecule has 3 heteroatoms. The van der Waals surface area contributed by atoms with Crippen molar-refractivity contribution >= 4 is 60.6 Å². The number of fused-ring (bicyclic) bond motifs is 9. The van der Waals surface area contributed by atoms with Crippen LogP contribution < -0.4 is 4.90 Å². The first kappa shape index (κ1) is 31.9. The maximum Gasteiger partial charge on any atom is 0.0630 e. The van der Waals surface area contributed by atoms with Gasteiger partial charge in [-0.1, -0.05) is 127 Å². The third kappa shape index (κ3) is 4.92. The molecule has 2 atom stereocenters. The lowest BCUT2D eigenvalue weighted by Crippen LogP contribution is -2.28. The summed E-state index contributed by atoms with van der Waals surface area (Å²) < 4.78 is 4.77. The molecule has 0 spiro atoms. The van der Waals surface area contributed by atoms with E-state index in [0.29, 0.717) is 0 Å². The summed E-state index contributed by atoms with van der Waals surface area (Å²) in [6.07, 6.45) is 7.29. The van der Waals surface area contributed by atoms with E-state index in [1.54, 1.807) is 0 Å². The Labute approximate surface area is 331 Å². The van der Waals surface area contributed by atoms with Crippen LogP contribution >= 0.6 is 0 Å². The summed E-state index contributed by atoms with van der Waals surface area (Å²) in [5.41, 5.74) is 16.0. The van der Waals surface area contributed by atoms with Crippen molar-refractivity contribution in [2.24, 2.45) is 0 Å². The van der Waals surface area contributed by atoms with Gasteiger partial charge in [-0.15, -0.1) is 0 Å². The molecule has 2 unspecified atom stereocenters. The fraction of sp³-hybridized carbons (Fsp3) is 0.0370. The average Bonchev–Trinajstić information content (AvgIpc) is 3.92. The number of anilines is 2. The second kappa shape index (κ2) is 12.6. The molecule has 57 heavy (non-hydrogen) atoms. The fourth-order valence-corrected chi connectivity index (χ4v) is 9.68. The van der Waals surface area contributed by atoms with Gasteiger partial charge in [0.15, 0.2) is 0 Å². The Morgan fingerprint density at radius 2 is 0.842 bits per heavy atom. The van der Waals surface area contributed by atoms with E-state index in [9.17, 15) is 0 Å². The summed E-state index contributed by atoms with van der Waals surface area (Å²) in [6.45, 7) is 0. The third-order valence-corrected chi connectivity index (χ3v) is 12.2. The van der Waals surface area contributed by atoms with Crippen LogP contribution in [0.4, 0.5) is 11.4 Å². The zero-order chi connectivity index (χ0) is 37.5. The van der Waals surface area contributed by atoms with E-state index in [1.165, 1.54) is 94.2 Å². The number of aromatic nitrogens is 2. The molecule has 10 aromatic rings. The largest absolute Gasteiger partial charge is 0.333 e. The summed E-state index contributed by atoms with van der Waals surface area (Å²) in [5.74, 6) is 0.185. The fourth-order valence-electron chi connectivity index (χ4n) is 9.68. The molecule has 2 aromatic heterocycles. The first-order valence-corrected chi connectivity index (χ1v) is 19.8. The van der Waals surface area contributed by atoms with Gasteiger partial charge >= 0.3 is 0 Å². The van der Waals surface area contributed by atoms with Crippen LogP contribution in [0, 0.1) is 0 Å². The Morgan fingerprint density at radius 1 is 0.368 bits per heavy atom. The molecule has 2 aliphatic rings. The van der Waals surface area contributed by atoms with Crippen LogP contribution in [0.1, 0.15) is 17.0 Å². The molecule has 268 valence electrons. The number of rotatable bonds is 5. The number of allylic oxidation sites excluding steroid dienone is 2. The third-order valence-electron chi connectivity index (χ3n) is 12.2. The lowest BCUT2D eigenvalue weighted by Gasteiger charge is -2.29. The highest BCUT2D eigenvalue weighted by Crippen LogP contribution is 2.51. The number of hydrogen-bond acceptors (Lipinski definition) is 1. The molecule has 0 saturated heterocycles. The normalized spacial score (nSPS) is 16.1. The minimum absolute atomic E-state index is 0.177. The Bertz CT molecular complexity index is 3240. The first-order valence-electron chi connectivity index (χ1n) is 19.8. The van der Waals surface area contributed by atoms with Crippen LogP contribution in [0.15, 0.2) is 212 Å². The van der Waals surface area contributed by atoms with Crippen LogP contribution in [0.3, 0.4) is 0 Å². The number of benzene rings is 8. The van der Waals surface area contributed by atoms with Gasteiger partial charge in [-0.05, 0) is 113 Å². The van der Waals surface area contributed by atoms with Crippen molar-refractivity contribution in [3.63, 3.8) is 0 Å². The van der Waals surface area contributed by atoms with E-state index in [1.807, 2.05) is 0 Å². The number of hydrogen-bond donors (Lipinski definition) is 0. The maximum absolute atomic E-state index is 2.53. The predicted octanol–water partition coefficient (Wildman–Crippen LogP) is 13.8. The van der Waals surface area contributed by atoms with Crippen molar-refractivity contribution in [1.82, 2.24) is 9.13 Å². The van der Waals surface area contributed by atoms with Gasteiger partial charge < -0.3 is 14.0 Å². The van der Waals surface area contributed by atoms with Gasteiger partial charge in [-0.3, -0.25) is 0 Å². The highest BCUT2D eigenvalue weighted by Gasteiger charge is 2.38. The van der Waals surface area contributed by atoms with Crippen molar-refractivity contribution < 1.29 is 0 Å². The molecular weight excluding hydrogens is 691 g/mol. The molecule has 0 radical (unpaired) electrons. The smallest absolute Gasteiger partial charge is 0.0630 e. The van der Waals surface area contributed by atoms with Crippen LogP contribution in [-0.4, -0.2) is 15.2 Å². The molecule has 3 nitrogen and oxygen atoms in total. The van der Waals surface area contributed by atoms with E-state index in [4.69, 9.17) is 0 Å². The molecule has 0 fully saturated rings. The van der Waals surface area contributed by atoms with Gasteiger partial charge in [0.2, 0.25) is 0 Å². The van der Waals surface area contributed by atoms with Gasteiger partial charge in [0.05, 0.1) is 28.1 Å². The second-order valence-electron chi connectivity index (χ2n) is 15.3. The topological polar surface area (TPSA) is 13.1 Å². The second-order valence-corrected chi connectivity index (χ2v) is 15.3. The van der Waals surface area contributed by atoms with Crippen LogP contribution in [0.25, 0.3) is 71.7 Å². The molecule has 0 amide bonds. The number of nitrogens with zero attached hydrogens (tertiary/aromatic N) is 3. The van der Waals surface area contributed by atoms with Gasteiger partial charge in [0.1, 0.15) is 0 Å². The molecule has 0 bridgehead atoms. The van der Waals surface area contributed by atoms with E-state index in [-0.39, 0.29) is 12.0 Å². The molecule has 8 aromatic carbocycles. The zero-order valence-corrected chi connectivity index (χ0v) is 31.2. The molecule has 0 saturated carbocycles. The van der Waals surface area contributed by atoms with Gasteiger partial charge in [-0.25, -0.2) is 0 Å². The van der Waals surface area contributed by atoms with Crippen molar-refractivity contribution in [2.45, 2.75) is 12.0 Å². The van der Waals surface area contributed by atoms with Crippen LogP contribution in [0.5, 0.6) is 0 Å². The van der Waals surface area contributed by atoms with E-state index in [2.05, 4.69) is 226 Å². The zero-order valence-electron chi connectivity index (χ0n) is 31.2. The molecule has 1 aliphatic heterocycles. The molecule has 1 aliphatic carbocycles. The average molecular weight is 728 g/mol. The summed E-state index contributed by atoms with van der Waals surface area (Å²) in [7, 11) is 0. The monoisotopic (exact) mass is 727 g/mol. The predicted molar refractivity (Wildman–Crippen MR) is 239 cm³/mol. The highest BCUT2D eigenvalue weighted by atomic mass is 15.2. The lowest BCUT2D eigenvalue weighted by atomic mass is 9.85. The summed E-state index contributed by atoms with van der Waals surface area (Å²) in [6, 6.07) is 71.1. The standard InChI is InChI=1S/C54H37N3/c1-4-14-40(15-5-1)55-49-22-12-10-20-43(49)45-32-36(24-28-51(45)55)38-26-30-53-47(34-38)48-35-39(27-31-54(48)57(53)42-18-8-3-9-19-42)37-25-29-52-46(33-37)44-21-11-13-23-50(44)56(52)41-16-6-2-7-17-41/h1-35,47,53H. The molecular formula is C54H37N3. The van der Waals surface area contributed by atoms with Crippen LogP contribution in [0.2, 0.25) is 0 Å². The van der Waals surface area contributed by atoms with E-state index < -0.39 is 0 Å². The number of para-hydroxylation sites is 5. The Hall–Kier alpha value is -7.36. The first-order chi connectivity index (χ1) is 28.3.